The summed E-state index contributed by atoms with van der Waals surface area (Å²) in [4.78, 5) is 53.3. The van der Waals surface area contributed by atoms with Crippen LogP contribution in [0, 0.1) is 5.92 Å². The third-order valence-electron chi connectivity index (χ3n) is 9.91. The first-order valence-corrected chi connectivity index (χ1v) is 23.0. The quantitative estimate of drug-likeness (QED) is 0.129. The van der Waals surface area contributed by atoms with Gasteiger partial charge in [-0.3, -0.25) is 0 Å². The third kappa shape index (κ3) is 16.6. The molecule has 370 valence electrons. The Morgan fingerprint density at radius 2 is 1.34 bits per heavy atom. The first-order valence-electron chi connectivity index (χ1n) is 21.3. The molecule has 1 unspecified atom stereocenters. The van der Waals surface area contributed by atoms with Crippen LogP contribution in [0.1, 0.15) is 103 Å². The SMILES string of the molecule is CN(C(=O)OC(C)(C)C)[C@@H]1[C@@H](O)[C@@H](O[C@@H]2[C@@H](O)[C@H](C3OC(CN)=CC[C@H]3NC(=O)OC(C)(C)C)[C@@H](NC(=O)OC(C)(C)C)C[C@H]2NS(=O)(=O)CCNC(=O)OC(C)(C)C)OC[C@]1(C)O. The van der Waals surface area contributed by atoms with Crippen molar-refractivity contribution in [3.63, 3.8) is 0 Å². The summed E-state index contributed by atoms with van der Waals surface area (Å²) in [6.07, 6.45) is -10.3. The van der Waals surface area contributed by atoms with E-state index in [9.17, 15) is 42.9 Å². The normalized spacial score (nSPS) is 30.4. The molecule has 1 saturated heterocycles. The number of aliphatic hydroxyl groups excluding tert-OH is 2. The van der Waals surface area contributed by atoms with Gasteiger partial charge >= 0.3 is 24.4 Å². The molecule has 11 atom stereocenters. The van der Waals surface area contributed by atoms with Crippen LogP contribution in [0.2, 0.25) is 0 Å². The Hall–Kier alpha value is -3.71. The Labute approximate surface area is 377 Å². The van der Waals surface area contributed by atoms with Gasteiger partial charge in [0.05, 0.1) is 43.1 Å². The minimum atomic E-state index is -4.38. The molecule has 1 aliphatic carbocycles. The summed E-state index contributed by atoms with van der Waals surface area (Å²) < 4.78 is 70.6. The molecule has 0 bridgehead atoms. The zero-order valence-electron chi connectivity index (χ0n) is 39.7. The molecule has 64 heavy (non-hydrogen) atoms. The molecule has 2 aliphatic heterocycles. The Morgan fingerprint density at radius 1 is 0.828 bits per heavy atom. The largest absolute Gasteiger partial charge is 0.491 e. The molecule has 0 aromatic heterocycles. The van der Waals surface area contributed by atoms with E-state index in [0.29, 0.717) is 0 Å². The highest BCUT2D eigenvalue weighted by molar-refractivity contribution is 7.89. The Kier molecular flexibility index (Phi) is 17.8. The maximum absolute atomic E-state index is 13.8. The first-order chi connectivity index (χ1) is 29.0. The molecule has 22 nitrogen and oxygen atoms in total. The molecule has 9 N–H and O–H groups in total. The number of rotatable bonds is 12. The van der Waals surface area contributed by atoms with Crippen LogP contribution in [-0.4, -0.2) is 168 Å². The Balaban J connectivity index is 2.15. The molecular formula is C41H74N6O16S. The number of aliphatic hydroxyl groups is 3. The Morgan fingerprint density at radius 3 is 1.86 bits per heavy atom. The summed E-state index contributed by atoms with van der Waals surface area (Å²) in [5.74, 6) is -1.65. The summed E-state index contributed by atoms with van der Waals surface area (Å²) in [5, 5.41) is 43.9. The van der Waals surface area contributed by atoms with Gasteiger partial charge in [0.15, 0.2) is 6.29 Å². The topological polar surface area (TPSA) is 305 Å². The number of nitrogens with one attached hydrogen (secondary N) is 4. The molecule has 0 radical (unpaired) electrons. The summed E-state index contributed by atoms with van der Waals surface area (Å²) in [6, 6.07) is -4.97. The zero-order valence-corrected chi connectivity index (χ0v) is 40.5. The van der Waals surface area contributed by atoms with Gasteiger partial charge in [-0.2, -0.15) is 0 Å². The van der Waals surface area contributed by atoms with Crippen LogP contribution in [-0.2, 0) is 43.2 Å². The van der Waals surface area contributed by atoms with Crippen molar-refractivity contribution >= 4 is 34.4 Å². The number of alkyl carbamates (subject to hydrolysis) is 3. The van der Waals surface area contributed by atoms with Crippen molar-refractivity contribution in [3.8, 4) is 0 Å². The maximum atomic E-state index is 13.8. The van der Waals surface area contributed by atoms with Crippen molar-refractivity contribution in [3.05, 3.63) is 11.8 Å². The molecule has 2 fully saturated rings. The summed E-state index contributed by atoms with van der Waals surface area (Å²) in [6.45, 7) is 20.1. The van der Waals surface area contributed by atoms with E-state index in [1.54, 1.807) is 89.2 Å². The number of carbonyl (C=O) groups is 4. The van der Waals surface area contributed by atoms with Crippen LogP contribution in [0.15, 0.2) is 11.8 Å². The van der Waals surface area contributed by atoms with E-state index >= 15 is 0 Å². The van der Waals surface area contributed by atoms with Crippen LogP contribution in [0.4, 0.5) is 19.2 Å². The van der Waals surface area contributed by atoms with Gasteiger partial charge in [0, 0.05) is 25.6 Å². The number of hydrogen-bond donors (Lipinski definition) is 8. The van der Waals surface area contributed by atoms with Gasteiger partial charge < -0.3 is 75.1 Å². The van der Waals surface area contributed by atoms with E-state index in [1.807, 2.05) is 0 Å². The van der Waals surface area contributed by atoms with Crippen LogP contribution >= 0.6 is 0 Å². The number of nitrogens with two attached hydrogens (primary N) is 1. The van der Waals surface area contributed by atoms with Crippen LogP contribution < -0.4 is 26.4 Å². The van der Waals surface area contributed by atoms with Gasteiger partial charge in [-0.25, -0.2) is 32.3 Å². The van der Waals surface area contributed by atoms with Gasteiger partial charge in [-0.1, -0.05) is 0 Å². The lowest BCUT2D eigenvalue weighted by atomic mass is 9.72. The number of sulfonamides is 1. The van der Waals surface area contributed by atoms with Crippen molar-refractivity contribution in [2.24, 2.45) is 11.7 Å². The summed E-state index contributed by atoms with van der Waals surface area (Å²) in [7, 11) is -3.08. The summed E-state index contributed by atoms with van der Waals surface area (Å²) in [5.41, 5.74) is 0.446. The van der Waals surface area contributed by atoms with E-state index in [2.05, 4.69) is 20.7 Å². The highest BCUT2D eigenvalue weighted by Gasteiger charge is 2.56. The number of ether oxygens (including phenoxy) is 7. The predicted molar refractivity (Wildman–Crippen MR) is 231 cm³/mol. The van der Waals surface area contributed by atoms with Crippen molar-refractivity contribution < 1.29 is 76.1 Å². The second kappa shape index (κ2) is 20.9. The molecule has 2 heterocycles. The fraction of sp³-hybridized carbons (Fsp3) is 0.854. The molecular weight excluding hydrogens is 865 g/mol. The van der Waals surface area contributed by atoms with Crippen molar-refractivity contribution in [1.29, 1.82) is 0 Å². The highest BCUT2D eigenvalue weighted by atomic mass is 32.2. The van der Waals surface area contributed by atoms with E-state index < -0.39 is 142 Å². The fourth-order valence-corrected chi connectivity index (χ4v) is 8.76. The van der Waals surface area contributed by atoms with Crippen LogP contribution in [0.3, 0.4) is 0 Å². The zero-order chi connectivity index (χ0) is 49.0. The summed E-state index contributed by atoms with van der Waals surface area (Å²) >= 11 is 0. The number of nitrogens with zero attached hydrogens (tertiary/aromatic N) is 1. The van der Waals surface area contributed by atoms with E-state index in [-0.39, 0.29) is 25.1 Å². The molecule has 0 spiro atoms. The van der Waals surface area contributed by atoms with Gasteiger partial charge in [0.2, 0.25) is 10.0 Å². The third-order valence-corrected chi connectivity index (χ3v) is 11.3. The molecule has 3 rings (SSSR count). The number of hydrogen-bond acceptors (Lipinski definition) is 17. The van der Waals surface area contributed by atoms with Gasteiger partial charge in [-0.15, -0.1) is 0 Å². The maximum Gasteiger partial charge on any atom is 0.410 e. The number of amides is 4. The lowest BCUT2D eigenvalue weighted by Gasteiger charge is -2.52. The van der Waals surface area contributed by atoms with Crippen molar-refractivity contribution in [2.45, 2.75) is 186 Å². The minimum Gasteiger partial charge on any atom is -0.491 e. The van der Waals surface area contributed by atoms with Gasteiger partial charge in [0.1, 0.15) is 52.1 Å². The minimum absolute atomic E-state index is 0.0864. The number of likely N-dealkylation sites (N-methyl/N-ethyl adjacent to an activating group) is 1. The van der Waals surface area contributed by atoms with E-state index in [1.165, 1.54) is 14.0 Å². The standard InChI is InChI=1S/C41H74N6O16S/c1-37(2,3)60-33(50)43-17-18-64(55,56)46-25-19-24(45-35(52)62-39(7,8)9)26(29-23(16-15-22(20-42)58-29)44-34(51)61-38(4,5)6)27(48)30(25)59-32-28(49)31(41(13,54)21-57-32)47(14)36(53)63-40(10,11)12/h15,23-32,46,48-49,54H,16-21,42H2,1-14H3,(H,43,50)(H,44,51)(H,45,52)/t23-,24+,25-,26-,27+,28-,29?,30+,31-,32-,41+/m1/s1. The highest BCUT2D eigenvalue weighted by Crippen LogP contribution is 2.39. The van der Waals surface area contributed by atoms with Crippen LogP contribution in [0.25, 0.3) is 0 Å². The monoisotopic (exact) mass is 938 g/mol. The molecule has 3 aliphatic rings. The van der Waals surface area contributed by atoms with Crippen molar-refractivity contribution in [1.82, 2.24) is 25.6 Å². The van der Waals surface area contributed by atoms with Crippen molar-refractivity contribution in [2.75, 3.05) is 32.5 Å². The average molecular weight is 939 g/mol. The molecule has 4 amide bonds. The first kappa shape index (κ1) is 54.6. The van der Waals surface area contributed by atoms with Crippen LogP contribution in [0.5, 0.6) is 0 Å². The molecule has 0 aromatic carbocycles. The lowest BCUT2D eigenvalue weighted by Crippen LogP contribution is -2.71. The second-order valence-corrected chi connectivity index (χ2v) is 22.5. The molecule has 1 saturated carbocycles. The van der Waals surface area contributed by atoms with Gasteiger partial charge in [-0.05, 0) is 109 Å². The molecule has 0 aromatic rings. The van der Waals surface area contributed by atoms with E-state index in [0.717, 1.165) is 4.90 Å². The van der Waals surface area contributed by atoms with E-state index in [4.69, 9.17) is 38.9 Å². The molecule has 23 heteroatoms. The fourth-order valence-electron chi connectivity index (χ4n) is 7.57. The smallest absolute Gasteiger partial charge is 0.410 e. The Bertz CT molecular complexity index is 1770. The van der Waals surface area contributed by atoms with Gasteiger partial charge in [0.25, 0.3) is 0 Å². The lowest BCUT2D eigenvalue weighted by molar-refractivity contribution is -0.305. The predicted octanol–water partition coefficient (Wildman–Crippen LogP) is 1.69. The number of carbonyl (C=O) groups excluding carboxylic acids is 4. The average Bonchev–Trinajstić information content (AvgIpc) is 3.07. The second-order valence-electron chi connectivity index (χ2n) is 20.6.